The lowest BCUT2D eigenvalue weighted by molar-refractivity contribution is -0.147. The molecule has 0 radical (unpaired) electrons. The summed E-state index contributed by atoms with van der Waals surface area (Å²) in [5.41, 5.74) is 0. The number of carboxylic acids is 2. The van der Waals surface area contributed by atoms with Crippen molar-refractivity contribution in [2.45, 2.75) is 45.1 Å². The molecule has 0 fully saturated rings. The largest absolute Gasteiger partial charge is 0.480 e. The van der Waals surface area contributed by atoms with Gasteiger partial charge in [-0.1, -0.05) is 32.6 Å². The predicted molar refractivity (Wildman–Crippen MR) is 57.1 cm³/mol. The monoisotopic (exact) mass is 236 g/mol. The molecule has 4 N–H and O–H groups in total. The molecule has 0 aliphatic heterocycles. The first kappa shape index (κ1) is 17.3. The highest BCUT2D eigenvalue weighted by molar-refractivity contribution is 5.71. The van der Waals surface area contributed by atoms with Crippen molar-refractivity contribution in [2.24, 2.45) is 0 Å². The molecule has 6 nitrogen and oxygen atoms in total. The molecule has 0 aromatic carbocycles. The van der Waals surface area contributed by atoms with Crippen LogP contribution in [0.2, 0.25) is 0 Å². The van der Waals surface area contributed by atoms with Crippen molar-refractivity contribution in [1.82, 2.24) is 0 Å². The summed E-state index contributed by atoms with van der Waals surface area (Å²) < 4.78 is 0. The Balaban J connectivity index is 0. The highest BCUT2D eigenvalue weighted by atomic mass is 16.4. The fourth-order valence-corrected chi connectivity index (χ4v) is 0.888. The molecule has 0 heterocycles. The van der Waals surface area contributed by atoms with Gasteiger partial charge < -0.3 is 20.4 Å². The van der Waals surface area contributed by atoms with Gasteiger partial charge in [-0.05, 0) is 6.42 Å². The van der Waals surface area contributed by atoms with Crippen molar-refractivity contribution in [1.29, 1.82) is 0 Å². The second-order valence-corrected chi connectivity index (χ2v) is 3.26. The van der Waals surface area contributed by atoms with Gasteiger partial charge in [0.25, 0.3) is 0 Å². The number of carboxylic acid groups (broad SMARTS) is 2. The average Bonchev–Trinajstić information content (AvgIpc) is 2.24. The van der Waals surface area contributed by atoms with Gasteiger partial charge in [0.05, 0.1) is 0 Å². The van der Waals surface area contributed by atoms with Crippen molar-refractivity contribution in [3.8, 4) is 0 Å². The maximum atomic E-state index is 10.1. The zero-order chi connectivity index (χ0) is 13.0. The Kier molecular flexibility index (Phi) is 12.9. The van der Waals surface area contributed by atoms with Crippen LogP contribution in [0.1, 0.15) is 39.0 Å². The smallest absolute Gasteiger partial charge is 0.332 e. The highest BCUT2D eigenvalue weighted by Gasteiger charge is 2.11. The third-order valence-corrected chi connectivity index (χ3v) is 1.75. The van der Waals surface area contributed by atoms with E-state index in [0.717, 1.165) is 25.7 Å². The number of aliphatic hydroxyl groups is 2. The molecule has 0 spiro atoms. The van der Waals surface area contributed by atoms with E-state index in [1.54, 1.807) is 0 Å². The number of hydrogen-bond donors (Lipinski definition) is 4. The minimum Gasteiger partial charge on any atom is -0.480 e. The fraction of sp³-hybridized carbons (Fsp3) is 0.800. The molecule has 0 aliphatic carbocycles. The van der Waals surface area contributed by atoms with Gasteiger partial charge in [0.15, 0.2) is 6.10 Å². The van der Waals surface area contributed by atoms with E-state index >= 15 is 0 Å². The van der Waals surface area contributed by atoms with Gasteiger partial charge >= 0.3 is 11.9 Å². The number of aliphatic carboxylic acids is 2. The molecule has 6 heteroatoms. The Morgan fingerprint density at radius 2 is 1.62 bits per heavy atom. The van der Waals surface area contributed by atoms with Gasteiger partial charge in [-0.25, -0.2) is 9.59 Å². The lowest BCUT2D eigenvalue weighted by Crippen LogP contribution is -2.18. The van der Waals surface area contributed by atoms with E-state index in [1.807, 2.05) is 0 Å². The van der Waals surface area contributed by atoms with E-state index in [1.165, 1.54) is 0 Å². The Morgan fingerprint density at radius 1 is 1.12 bits per heavy atom. The summed E-state index contributed by atoms with van der Waals surface area (Å²) in [6, 6.07) is 0. The third kappa shape index (κ3) is 15.3. The molecule has 0 saturated heterocycles. The standard InChI is InChI=1S/C8H16O3.C2H4O3/c1-2-3-4-5-6-7(9)8(10)11;3-1-2(4)5/h7,9H,2-6H2,1H3,(H,10,11);3H,1H2,(H,4,5). The maximum absolute atomic E-state index is 10.1. The summed E-state index contributed by atoms with van der Waals surface area (Å²) in [4.78, 5) is 19.2. The normalized spacial score (nSPS) is 11.2. The molecule has 0 amide bonds. The predicted octanol–water partition coefficient (Wildman–Crippen LogP) is 0.466. The highest BCUT2D eigenvalue weighted by Crippen LogP contribution is 2.05. The molecule has 0 bridgehead atoms. The number of rotatable bonds is 7. The third-order valence-electron chi connectivity index (χ3n) is 1.75. The maximum Gasteiger partial charge on any atom is 0.332 e. The van der Waals surface area contributed by atoms with Crippen LogP contribution in [-0.2, 0) is 9.59 Å². The molecule has 0 aromatic rings. The molecular formula is C10H20O6. The van der Waals surface area contributed by atoms with Crippen LogP contribution >= 0.6 is 0 Å². The molecule has 0 aliphatic rings. The second kappa shape index (κ2) is 11.9. The SMILES string of the molecule is CCCCCCC(O)C(=O)O.O=C(O)CO. The Morgan fingerprint density at radius 3 is 1.94 bits per heavy atom. The van der Waals surface area contributed by atoms with Crippen molar-refractivity contribution in [2.75, 3.05) is 6.61 Å². The van der Waals surface area contributed by atoms with Crippen LogP contribution in [0.25, 0.3) is 0 Å². The lowest BCUT2D eigenvalue weighted by atomic mass is 10.1. The number of unbranched alkanes of at least 4 members (excludes halogenated alkanes) is 3. The van der Waals surface area contributed by atoms with Crippen LogP contribution in [0.5, 0.6) is 0 Å². The molecule has 0 aromatic heterocycles. The molecule has 0 saturated carbocycles. The first-order valence-electron chi connectivity index (χ1n) is 5.19. The van der Waals surface area contributed by atoms with Crippen molar-refractivity contribution in [3.05, 3.63) is 0 Å². The van der Waals surface area contributed by atoms with E-state index in [-0.39, 0.29) is 0 Å². The van der Waals surface area contributed by atoms with E-state index in [4.69, 9.17) is 25.2 Å². The van der Waals surface area contributed by atoms with E-state index in [2.05, 4.69) is 6.92 Å². The number of hydrogen-bond acceptors (Lipinski definition) is 4. The van der Waals surface area contributed by atoms with Crippen LogP contribution in [-0.4, -0.2) is 45.1 Å². The second-order valence-electron chi connectivity index (χ2n) is 3.26. The Bertz CT molecular complexity index is 192. The Labute approximate surface area is 94.5 Å². The first-order chi connectivity index (χ1) is 7.45. The quantitative estimate of drug-likeness (QED) is 0.477. The van der Waals surface area contributed by atoms with Gasteiger partial charge in [-0.2, -0.15) is 0 Å². The Hall–Kier alpha value is -1.14. The van der Waals surface area contributed by atoms with E-state index < -0.39 is 24.6 Å². The van der Waals surface area contributed by atoms with Crippen LogP contribution in [0, 0.1) is 0 Å². The zero-order valence-electron chi connectivity index (χ0n) is 9.43. The van der Waals surface area contributed by atoms with E-state index in [0.29, 0.717) is 6.42 Å². The van der Waals surface area contributed by atoms with Crippen LogP contribution in [0.15, 0.2) is 0 Å². The van der Waals surface area contributed by atoms with Crippen molar-refractivity contribution in [3.63, 3.8) is 0 Å². The first-order valence-corrected chi connectivity index (χ1v) is 5.19. The van der Waals surface area contributed by atoms with Gasteiger partial charge in [-0.15, -0.1) is 0 Å². The minimum atomic E-state index is -1.19. The minimum absolute atomic E-state index is 0.384. The van der Waals surface area contributed by atoms with Crippen LogP contribution in [0.4, 0.5) is 0 Å². The van der Waals surface area contributed by atoms with Gasteiger partial charge in [0, 0.05) is 0 Å². The molecule has 96 valence electrons. The summed E-state index contributed by atoms with van der Waals surface area (Å²) in [5.74, 6) is -2.30. The summed E-state index contributed by atoms with van der Waals surface area (Å²) in [7, 11) is 0. The number of aliphatic hydroxyl groups excluding tert-OH is 2. The molecular weight excluding hydrogens is 216 g/mol. The lowest BCUT2D eigenvalue weighted by Gasteiger charge is -2.03. The van der Waals surface area contributed by atoms with Crippen LogP contribution < -0.4 is 0 Å². The average molecular weight is 236 g/mol. The topological polar surface area (TPSA) is 115 Å². The molecule has 16 heavy (non-hydrogen) atoms. The summed E-state index contributed by atoms with van der Waals surface area (Å²) in [6.07, 6.45) is 3.29. The fourth-order valence-electron chi connectivity index (χ4n) is 0.888. The van der Waals surface area contributed by atoms with Gasteiger partial charge in [-0.3, -0.25) is 0 Å². The number of carbonyl (C=O) groups is 2. The van der Waals surface area contributed by atoms with Crippen molar-refractivity contribution >= 4 is 11.9 Å². The van der Waals surface area contributed by atoms with Gasteiger partial charge in [0.2, 0.25) is 0 Å². The van der Waals surface area contributed by atoms with E-state index in [9.17, 15) is 4.79 Å². The zero-order valence-corrected chi connectivity index (χ0v) is 9.43. The molecule has 0 rings (SSSR count). The summed E-state index contributed by atoms with van der Waals surface area (Å²) >= 11 is 0. The molecule has 1 unspecified atom stereocenters. The van der Waals surface area contributed by atoms with Gasteiger partial charge in [0.1, 0.15) is 6.61 Å². The summed E-state index contributed by atoms with van der Waals surface area (Å²) in [6.45, 7) is 1.31. The molecule has 1 atom stereocenters. The van der Waals surface area contributed by atoms with Crippen LogP contribution in [0.3, 0.4) is 0 Å². The van der Waals surface area contributed by atoms with Crippen molar-refractivity contribution < 1.29 is 30.0 Å². The summed E-state index contributed by atoms with van der Waals surface area (Å²) in [5, 5.41) is 32.1.